The van der Waals surface area contributed by atoms with Crippen molar-refractivity contribution in [3.8, 4) is 23.0 Å². The molecule has 3 heterocycles. The molecule has 5 rings (SSSR count). The van der Waals surface area contributed by atoms with Crippen molar-refractivity contribution in [3.63, 3.8) is 0 Å². The van der Waals surface area contributed by atoms with Gasteiger partial charge in [0, 0.05) is 17.9 Å². The molecule has 0 radical (unpaired) electrons. The Balaban J connectivity index is 1.77. The molecule has 0 unspecified atom stereocenters. The fraction of sp³-hybridized carbons (Fsp3) is 0.364. The van der Waals surface area contributed by atoms with Gasteiger partial charge in [-0.25, -0.2) is 9.59 Å². The van der Waals surface area contributed by atoms with Crippen LogP contribution in [0, 0.1) is 0 Å². The third-order valence-electron chi connectivity index (χ3n) is 5.91. The van der Waals surface area contributed by atoms with E-state index in [4.69, 9.17) is 32.5 Å². The van der Waals surface area contributed by atoms with E-state index in [1.165, 1.54) is 27.4 Å². The van der Waals surface area contributed by atoms with Gasteiger partial charge in [-0.15, -0.1) is 0 Å². The summed E-state index contributed by atoms with van der Waals surface area (Å²) in [5, 5.41) is 40.8. The highest BCUT2D eigenvalue weighted by atomic mass is 16.8. The summed E-state index contributed by atoms with van der Waals surface area (Å²) in [4.78, 5) is 25.7. The lowest BCUT2D eigenvalue weighted by Crippen LogP contribution is -2.59. The van der Waals surface area contributed by atoms with Crippen molar-refractivity contribution in [2.24, 2.45) is 0 Å². The van der Waals surface area contributed by atoms with Gasteiger partial charge in [0.15, 0.2) is 29.0 Å². The van der Waals surface area contributed by atoms with Crippen molar-refractivity contribution < 1.29 is 52.9 Å². The van der Waals surface area contributed by atoms with Gasteiger partial charge >= 0.3 is 11.3 Å². The van der Waals surface area contributed by atoms with Crippen LogP contribution in [0.4, 0.5) is 0 Å². The van der Waals surface area contributed by atoms with E-state index in [-0.39, 0.29) is 50.0 Å². The number of aromatic hydroxyl groups is 1. The van der Waals surface area contributed by atoms with E-state index >= 15 is 0 Å². The van der Waals surface area contributed by atoms with Gasteiger partial charge in [-0.1, -0.05) is 0 Å². The molecule has 0 spiro atoms. The van der Waals surface area contributed by atoms with Crippen LogP contribution >= 0.6 is 0 Å². The minimum Gasteiger partial charge on any atom is -0.504 e. The minimum absolute atomic E-state index is 0.0682. The number of hydrogen-bond acceptors (Lipinski definition) is 13. The molecule has 0 amide bonds. The summed E-state index contributed by atoms with van der Waals surface area (Å²) in [5.74, 6) is -0.923. The Morgan fingerprint density at radius 3 is 1.89 bits per heavy atom. The van der Waals surface area contributed by atoms with E-state index in [1.54, 1.807) is 0 Å². The van der Waals surface area contributed by atoms with Crippen LogP contribution in [0.25, 0.3) is 32.7 Å². The van der Waals surface area contributed by atoms with E-state index in [2.05, 4.69) is 0 Å². The molecule has 1 aliphatic rings. The highest BCUT2D eigenvalue weighted by Crippen LogP contribution is 2.46. The van der Waals surface area contributed by atoms with Crippen LogP contribution in [0.2, 0.25) is 0 Å². The second-order valence-electron chi connectivity index (χ2n) is 7.82. The molecule has 13 heteroatoms. The molecule has 1 fully saturated rings. The fourth-order valence-electron chi connectivity index (χ4n) is 4.26. The molecule has 5 atom stereocenters. The van der Waals surface area contributed by atoms with Gasteiger partial charge in [-0.2, -0.15) is 0 Å². The SMILES string of the molecule is COc1c(O)cc2c(=O)oc3c(OC)c(O[C@@H]4O[C@H](OC)[C@@H](O)[C@H](O)[C@H]4O)cc4c(=O)oc1c2c34. The number of aliphatic hydroxyl groups is 3. The number of aliphatic hydroxyl groups excluding tert-OH is 3. The molecule has 0 bridgehead atoms. The molecular weight excluding hydrogens is 472 g/mol. The second-order valence-corrected chi connectivity index (χ2v) is 7.82. The van der Waals surface area contributed by atoms with Crippen molar-refractivity contribution in [2.75, 3.05) is 21.3 Å². The zero-order chi connectivity index (χ0) is 25.2. The lowest BCUT2D eigenvalue weighted by Gasteiger charge is -2.39. The van der Waals surface area contributed by atoms with Crippen LogP contribution in [0.1, 0.15) is 0 Å². The number of phenolic OH excluding ortho intramolecular Hbond substituents is 1. The van der Waals surface area contributed by atoms with Gasteiger partial charge in [0.1, 0.15) is 18.3 Å². The highest BCUT2D eigenvalue weighted by Gasteiger charge is 2.45. The van der Waals surface area contributed by atoms with E-state index in [1.807, 2.05) is 0 Å². The van der Waals surface area contributed by atoms with Crippen LogP contribution in [0.3, 0.4) is 0 Å². The molecule has 1 saturated heterocycles. The molecule has 186 valence electrons. The molecule has 1 aliphatic heterocycles. The van der Waals surface area contributed by atoms with Crippen molar-refractivity contribution >= 4 is 32.7 Å². The van der Waals surface area contributed by atoms with Crippen LogP contribution < -0.4 is 25.5 Å². The van der Waals surface area contributed by atoms with Gasteiger partial charge < -0.3 is 52.9 Å². The van der Waals surface area contributed by atoms with Gasteiger partial charge in [-0.05, 0) is 12.1 Å². The van der Waals surface area contributed by atoms with Crippen molar-refractivity contribution in [1.29, 1.82) is 0 Å². The van der Waals surface area contributed by atoms with Crippen LogP contribution in [-0.4, -0.2) is 72.6 Å². The Kier molecular flexibility index (Phi) is 5.45. The van der Waals surface area contributed by atoms with E-state index < -0.39 is 47.9 Å². The summed E-state index contributed by atoms with van der Waals surface area (Å²) in [6, 6.07) is 2.35. The first-order chi connectivity index (χ1) is 16.7. The lowest BCUT2D eigenvalue weighted by atomic mass is 10.0. The van der Waals surface area contributed by atoms with E-state index in [9.17, 15) is 30.0 Å². The van der Waals surface area contributed by atoms with Gasteiger partial charge in [-0.3, -0.25) is 0 Å². The van der Waals surface area contributed by atoms with Crippen LogP contribution in [0.15, 0.2) is 30.6 Å². The summed E-state index contributed by atoms with van der Waals surface area (Å²) in [6.45, 7) is 0. The zero-order valence-corrected chi connectivity index (χ0v) is 18.5. The molecule has 13 nitrogen and oxygen atoms in total. The molecule has 0 aliphatic carbocycles. The molecule has 4 N–H and O–H groups in total. The number of hydrogen-bond donors (Lipinski definition) is 4. The third-order valence-corrected chi connectivity index (χ3v) is 5.91. The van der Waals surface area contributed by atoms with Crippen molar-refractivity contribution in [2.45, 2.75) is 30.9 Å². The van der Waals surface area contributed by atoms with Crippen LogP contribution in [0.5, 0.6) is 23.0 Å². The first kappa shape index (κ1) is 23.1. The molecule has 35 heavy (non-hydrogen) atoms. The highest BCUT2D eigenvalue weighted by molar-refractivity contribution is 6.22. The Morgan fingerprint density at radius 1 is 0.771 bits per heavy atom. The summed E-state index contributed by atoms with van der Waals surface area (Å²) in [6.07, 6.45) is -7.87. The third kappa shape index (κ3) is 3.28. The number of benzene rings is 2. The predicted octanol–water partition coefficient (Wildman–Crippen LogP) is 0.00350. The maximum atomic E-state index is 12.9. The Morgan fingerprint density at radius 2 is 1.31 bits per heavy atom. The minimum atomic E-state index is -1.72. The first-order valence-corrected chi connectivity index (χ1v) is 10.2. The predicted molar refractivity (Wildman–Crippen MR) is 116 cm³/mol. The molecule has 2 aromatic carbocycles. The quantitative estimate of drug-likeness (QED) is 0.216. The first-order valence-electron chi connectivity index (χ1n) is 10.2. The monoisotopic (exact) mass is 492 g/mol. The van der Waals surface area contributed by atoms with E-state index in [0.29, 0.717) is 0 Å². The number of phenols is 1. The lowest BCUT2D eigenvalue weighted by molar-refractivity contribution is -0.327. The van der Waals surface area contributed by atoms with Crippen molar-refractivity contribution in [1.82, 2.24) is 0 Å². The van der Waals surface area contributed by atoms with Gasteiger partial charge in [0.05, 0.1) is 25.0 Å². The van der Waals surface area contributed by atoms with Gasteiger partial charge in [0.25, 0.3) is 0 Å². The Hall–Kier alpha value is -3.62. The topological polar surface area (TPSA) is 187 Å². The van der Waals surface area contributed by atoms with E-state index in [0.717, 1.165) is 6.07 Å². The summed E-state index contributed by atoms with van der Waals surface area (Å²) in [7, 11) is 3.73. The Bertz CT molecular complexity index is 1530. The largest absolute Gasteiger partial charge is 0.504 e. The summed E-state index contributed by atoms with van der Waals surface area (Å²) >= 11 is 0. The zero-order valence-electron chi connectivity index (χ0n) is 18.5. The number of rotatable bonds is 5. The second kappa shape index (κ2) is 8.25. The molecule has 4 aromatic rings. The molecule has 0 saturated carbocycles. The molecular formula is C22H20O13. The standard InChI is InChI=1S/C22H20O13/c1-29-15-8(23)4-6-10-11-7(20(28)33-17(10)15)5-9(16(30-2)18(11)34-19(6)27)32-22-14(26)12(24)13(25)21(31-3)35-22/h4-5,12-14,21-26H,1-3H3/t12-,13-,14+,21-,22+/m0/s1. The smallest absolute Gasteiger partial charge is 0.344 e. The number of methoxy groups -OCH3 is 3. The molecule has 2 aromatic heterocycles. The summed E-state index contributed by atoms with van der Waals surface area (Å²) in [5.41, 5.74) is -2.11. The Labute approximate surface area is 194 Å². The van der Waals surface area contributed by atoms with Crippen molar-refractivity contribution in [3.05, 3.63) is 33.0 Å². The maximum absolute atomic E-state index is 12.9. The average Bonchev–Trinajstić information content (AvgIpc) is 2.83. The summed E-state index contributed by atoms with van der Waals surface area (Å²) < 4.78 is 37.4. The van der Waals surface area contributed by atoms with Crippen LogP contribution in [-0.2, 0) is 9.47 Å². The number of ether oxygens (including phenoxy) is 5. The fourth-order valence-corrected chi connectivity index (χ4v) is 4.26. The average molecular weight is 492 g/mol. The normalized spacial score (nSPS) is 24.9. The maximum Gasteiger partial charge on any atom is 0.344 e. The van der Waals surface area contributed by atoms with Gasteiger partial charge in [0.2, 0.25) is 17.8 Å².